The number of hydrogen-bond acceptors (Lipinski definition) is 4. The van der Waals surface area contributed by atoms with Crippen molar-refractivity contribution < 1.29 is 14.3 Å². The summed E-state index contributed by atoms with van der Waals surface area (Å²) in [7, 11) is 1.35. The average molecular weight is 317 g/mol. The Kier molecular flexibility index (Phi) is 6.15. The van der Waals surface area contributed by atoms with E-state index < -0.39 is 0 Å². The van der Waals surface area contributed by atoms with E-state index in [1.54, 1.807) is 0 Å². The molecular formula is C17H19NO3S. The standard InChI is InChI=1S/C17H19NO3S/c1-21-17(20)12-14(15-8-5-11-22-15)18-16(19)10-9-13-6-3-2-4-7-13/h2-8,11,14H,9-10,12H2,1H3,(H,18,19). The largest absolute Gasteiger partial charge is 0.469 e. The Bertz CT molecular complexity index is 596. The van der Waals surface area contributed by atoms with Gasteiger partial charge in [-0.05, 0) is 23.4 Å². The van der Waals surface area contributed by atoms with Gasteiger partial charge in [0.1, 0.15) is 0 Å². The van der Waals surface area contributed by atoms with Gasteiger partial charge in [0, 0.05) is 11.3 Å². The topological polar surface area (TPSA) is 55.4 Å². The molecule has 1 atom stereocenters. The number of amides is 1. The Morgan fingerprint density at radius 2 is 1.95 bits per heavy atom. The number of carbonyl (C=O) groups excluding carboxylic acids is 2. The predicted molar refractivity (Wildman–Crippen MR) is 86.6 cm³/mol. The number of rotatable bonds is 7. The molecule has 2 aromatic rings. The van der Waals surface area contributed by atoms with Crippen LogP contribution in [0.3, 0.4) is 0 Å². The van der Waals surface area contributed by atoms with Crippen LogP contribution in [0, 0.1) is 0 Å². The molecule has 1 heterocycles. The molecule has 0 aliphatic carbocycles. The van der Waals surface area contributed by atoms with E-state index in [1.165, 1.54) is 18.4 Å². The van der Waals surface area contributed by atoms with Gasteiger partial charge >= 0.3 is 5.97 Å². The second-order valence-electron chi connectivity index (χ2n) is 4.90. The third kappa shape index (κ3) is 5.00. The van der Waals surface area contributed by atoms with Gasteiger partial charge < -0.3 is 10.1 Å². The molecule has 1 unspecified atom stereocenters. The first kappa shape index (κ1) is 16.2. The van der Waals surface area contributed by atoms with E-state index in [9.17, 15) is 9.59 Å². The molecule has 0 spiro atoms. The maximum absolute atomic E-state index is 12.1. The highest BCUT2D eigenvalue weighted by Gasteiger charge is 2.19. The van der Waals surface area contributed by atoms with Gasteiger partial charge in [-0.2, -0.15) is 0 Å². The van der Waals surface area contributed by atoms with E-state index in [2.05, 4.69) is 5.32 Å². The lowest BCUT2D eigenvalue weighted by molar-refractivity contribution is -0.141. The van der Waals surface area contributed by atoms with Crippen molar-refractivity contribution in [3.63, 3.8) is 0 Å². The summed E-state index contributed by atoms with van der Waals surface area (Å²) in [6, 6.07) is 13.4. The van der Waals surface area contributed by atoms with Gasteiger partial charge in [-0.15, -0.1) is 11.3 Å². The van der Waals surface area contributed by atoms with Crippen molar-refractivity contribution in [3.05, 3.63) is 58.3 Å². The molecule has 0 aliphatic rings. The lowest BCUT2D eigenvalue weighted by Crippen LogP contribution is -2.30. The summed E-state index contributed by atoms with van der Waals surface area (Å²) in [4.78, 5) is 24.6. The number of carbonyl (C=O) groups is 2. The Morgan fingerprint density at radius 3 is 2.59 bits per heavy atom. The second kappa shape index (κ2) is 8.34. The van der Waals surface area contributed by atoms with Crippen LogP contribution >= 0.6 is 11.3 Å². The lowest BCUT2D eigenvalue weighted by atomic mass is 10.1. The predicted octanol–water partition coefficient (Wildman–Crippen LogP) is 3.10. The second-order valence-corrected chi connectivity index (χ2v) is 5.88. The number of hydrogen-bond donors (Lipinski definition) is 1. The van der Waals surface area contributed by atoms with Crippen LogP contribution in [0.15, 0.2) is 47.8 Å². The van der Waals surface area contributed by atoms with Crippen LogP contribution in [0.25, 0.3) is 0 Å². The van der Waals surface area contributed by atoms with Crippen LogP contribution in [0.5, 0.6) is 0 Å². The normalized spacial score (nSPS) is 11.7. The van der Waals surface area contributed by atoms with E-state index in [0.717, 1.165) is 10.4 Å². The molecular weight excluding hydrogens is 298 g/mol. The van der Waals surface area contributed by atoms with Crippen molar-refractivity contribution in [2.75, 3.05) is 7.11 Å². The van der Waals surface area contributed by atoms with Crippen LogP contribution < -0.4 is 5.32 Å². The smallest absolute Gasteiger partial charge is 0.307 e. The summed E-state index contributed by atoms with van der Waals surface area (Å²) in [5, 5.41) is 4.85. The minimum absolute atomic E-state index is 0.0637. The summed E-state index contributed by atoms with van der Waals surface area (Å²) in [6.45, 7) is 0. The van der Waals surface area contributed by atoms with Gasteiger partial charge in [0.15, 0.2) is 0 Å². The Balaban J connectivity index is 1.92. The molecule has 1 aromatic heterocycles. The fraction of sp³-hybridized carbons (Fsp3) is 0.294. The van der Waals surface area contributed by atoms with Crippen LogP contribution in [0.2, 0.25) is 0 Å². The molecule has 1 amide bonds. The van der Waals surface area contributed by atoms with Gasteiger partial charge in [-0.3, -0.25) is 9.59 Å². The summed E-state index contributed by atoms with van der Waals surface area (Å²) >= 11 is 1.52. The fourth-order valence-electron chi connectivity index (χ4n) is 2.13. The average Bonchev–Trinajstić information content (AvgIpc) is 3.07. The first-order valence-corrected chi connectivity index (χ1v) is 8.00. The molecule has 2 rings (SSSR count). The summed E-state index contributed by atoms with van der Waals surface area (Å²) < 4.78 is 4.70. The first-order chi connectivity index (χ1) is 10.7. The third-order valence-corrected chi connectivity index (χ3v) is 4.29. The molecule has 4 nitrogen and oxygen atoms in total. The van der Waals surface area contributed by atoms with E-state index in [1.807, 2.05) is 47.8 Å². The highest BCUT2D eigenvalue weighted by atomic mass is 32.1. The minimum atomic E-state index is -0.332. The molecule has 1 aromatic carbocycles. The molecule has 1 N–H and O–H groups in total. The Morgan fingerprint density at radius 1 is 1.18 bits per heavy atom. The zero-order chi connectivity index (χ0) is 15.8. The number of benzene rings is 1. The van der Waals surface area contributed by atoms with E-state index in [-0.39, 0.29) is 24.3 Å². The number of thiophene rings is 1. The van der Waals surface area contributed by atoms with Crippen LogP contribution in [-0.2, 0) is 20.7 Å². The maximum Gasteiger partial charge on any atom is 0.307 e. The van der Waals surface area contributed by atoms with E-state index >= 15 is 0 Å². The number of methoxy groups -OCH3 is 1. The number of nitrogens with one attached hydrogen (secondary N) is 1. The molecule has 0 aliphatic heterocycles. The quantitative estimate of drug-likeness (QED) is 0.798. The SMILES string of the molecule is COC(=O)CC(NC(=O)CCc1ccccc1)c1cccs1. The maximum atomic E-state index is 12.1. The van der Waals surface area contributed by atoms with Crippen molar-refractivity contribution in [2.45, 2.75) is 25.3 Å². The number of esters is 1. The van der Waals surface area contributed by atoms with Crippen molar-refractivity contribution >= 4 is 23.2 Å². The van der Waals surface area contributed by atoms with Gasteiger partial charge in [-0.1, -0.05) is 36.4 Å². The molecule has 0 saturated heterocycles. The molecule has 0 saturated carbocycles. The zero-order valence-electron chi connectivity index (χ0n) is 12.5. The highest BCUT2D eigenvalue weighted by Crippen LogP contribution is 2.22. The number of aryl methyl sites for hydroxylation is 1. The summed E-state index contributed by atoms with van der Waals surface area (Å²) in [5.74, 6) is -0.395. The van der Waals surface area contributed by atoms with Crippen molar-refractivity contribution in [1.82, 2.24) is 5.32 Å². The number of ether oxygens (including phenoxy) is 1. The lowest BCUT2D eigenvalue weighted by Gasteiger charge is -2.16. The van der Waals surface area contributed by atoms with Crippen LogP contribution in [-0.4, -0.2) is 19.0 Å². The summed E-state index contributed by atoms with van der Waals surface area (Å²) in [5.41, 5.74) is 1.12. The minimum Gasteiger partial charge on any atom is -0.469 e. The first-order valence-electron chi connectivity index (χ1n) is 7.12. The van der Waals surface area contributed by atoms with Crippen molar-refractivity contribution in [3.8, 4) is 0 Å². The van der Waals surface area contributed by atoms with Crippen LogP contribution in [0.1, 0.15) is 29.3 Å². The van der Waals surface area contributed by atoms with Gasteiger partial charge in [-0.25, -0.2) is 0 Å². The van der Waals surface area contributed by atoms with Gasteiger partial charge in [0.05, 0.1) is 19.6 Å². The monoisotopic (exact) mass is 317 g/mol. The van der Waals surface area contributed by atoms with E-state index in [0.29, 0.717) is 12.8 Å². The highest BCUT2D eigenvalue weighted by molar-refractivity contribution is 7.10. The zero-order valence-corrected chi connectivity index (χ0v) is 13.3. The Labute approximate surface area is 134 Å². The molecule has 116 valence electrons. The Hall–Kier alpha value is -2.14. The van der Waals surface area contributed by atoms with Crippen molar-refractivity contribution in [2.24, 2.45) is 0 Å². The fourth-order valence-corrected chi connectivity index (χ4v) is 2.91. The molecule has 5 heteroatoms. The summed E-state index contributed by atoms with van der Waals surface area (Å²) in [6.07, 6.45) is 1.23. The van der Waals surface area contributed by atoms with Gasteiger partial charge in [0.2, 0.25) is 5.91 Å². The van der Waals surface area contributed by atoms with Gasteiger partial charge in [0.25, 0.3) is 0 Å². The molecule has 0 bridgehead atoms. The van der Waals surface area contributed by atoms with Crippen LogP contribution in [0.4, 0.5) is 0 Å². The third-order valence-electron chi connectivity index (χ3n) is 3.30. The molecule has 0 radical (unpaired) electrons. The van der Waals surface area contributed by atoms with Crippen molar-refractivity contribution in [1.29, 1.82) is 0 Å². The molecule has 22 heavy (non-hydrogen) atoms. The molecule has 0 fully saturated rings. The van der Waals surface area contributed by atoms with E-state index in [4.69, 9.17) is 4.74 Å².